The van der Waals surface area contributed by atoms with E-state index < -0.39 is 0 Å². The van der Waals surface area contributed by atoms with Gasteiger partial charge >= 0.3 is 0 Å². The van der Waals surface area contributed by atoms with Gasteiger partial charge in [0.2, 0.25) is 0 Å². The van der Waals surface area contributed by atoms with Crippen molar-refractivity contribution in [3.8, 4) is 0 Å². The van der Waals surface area contributed by atoms with Gasteiger partial charge in [0.1, 0.15) is 0 Å². The number of nitrogens with zero attached hydrogens (tertiary/aromatic N) is 1. The third-order valence-electron chi connectivity index (χ3n) is 4.53. The Balaban J connectivity index is 2.87. The van der Waals surface area contributed by atoms with E-state index in [1.165, 1.54) is 16.7 Å². The number of rotatable bonds is 5. The molecule has 2 nitrogen and oxygen atoms in total. The van der Waals surface area contributed by atoms with E-state index in [4.69, 9.17) is 0 Å². The van der Waals surface area contributed by atoms with E-state index in [0.717, 1.165) is 6.54 Å². The average molecular weight is 276 g/mol. The van der Waals surface area contributed by atoms with Gasteiger partial charge in [0.25, 0.3) is 0 Å². The lowest BCUT2D eigenvalue weighted by Gasteiger charge is -2.37. The van der Waals surface area contributed by atoms with Gasteiger partial charge in [-0.3, -0.25) is 0 Å². The van der Waals surface area contributed by atoms with Gasteiger partial charge in [-0.15, -0.1) is 0 Å². The molecule has 0 aliphatic heterocycles. The molecule has 0 spiro atoms. The van der Waals surface area contributed by atoms with Crippen molar-refractivity contribution >= 4 is 0 Å². The third-order valence-corrected chi connectivity index (χ3v) is 4.53. The van der Waals surface area contributed by atoms with Crippen molar-refractivity contribution in [1.82, 2.24) is 10.2 Å². The van der Waals surface area contributed by atoms with Crippen LogP contribution < -0.4 is 5.32 Å². The summed E-state index contributed by atoms with van der Waals surface area (Å²) in [6.45, 7) is 14.6. The Kier molecular flexibility index (Phi) is 5.79. The highest BCUT2D eigenvalue weighted by Gasteiger charge is 2.25. The minimum atomic E-state index is 0.301. The standard InChI is InChI=1S/C18H32N2/c1-13-9-10-16(14(2)11-13)17(19-7)12-20(8)15(3)18(4,5)6/h9-11,15,17,19H,12H2,1-8H3. The van der Waals surface area contributed by atoms with Gasteiger partial charge in [0, 0.05) is 18.6 Å². The van der Waals surface area contributed by atoms with Crippen LogP contribution in [0.5, 0.6) is 0 Å². The second-order valence-corrected chi connectivity index (χ2v) is 7.18. The Bertz CT molecular complexity index is 432. The lowest BCUT2D eigenvalue weighted by Crippen LogP contribution is -2.43. The monoisotopic (exact) mass is 276 g/mol. The highest BCUT2D eigenvalue weighted by atomic mass is 15.2. The van der Waals surface area contributed by atoms with Crippen LogP contribution in [0.25, 0.3) is 0 Å². The van der Waals surface area contributed by atoms with Crippen LogP contribution >= 0.6 is 0 Å². The van der Waals surface area contributed by atoms with Crippen LogP contribution in [0.3, 0.4) is 0 Å². The summed E-state index contributed by atoms with van der Waals surface area (Å²) in [7, 11) is 4.28. The number of likely N-dealkylation sites (N-methyl/N-ethyl adjacent to an activating group) is 2. The molecule has 1 N–H and O–H groups in total. The molecule has 1 aromatic carbocycles. The topological polar surface area (TPSA) is 15.3 Å². The Labute approximate surface area is 125 Å². The van der Waals surface area contributed by atoms with E-state index in [9.17, 15) is 0 Å². The van der Waals surface area contributed by atoms with E-state index in [0.29, 0.717) is 17.5 Å². The number of hydrogen-bond acceptors (Lipinski definition) is 2. The molecule has 0 heterocycles. The minimum absolute atomic E-state index is 0.301. The molecule has 0 aromatic heterocycles. The lowest BCUT2D eigenvalue weighted by atomic mass is 9.86. The maximum absolute atomic E-state index is 3.47. The molecule has 1 aromatic rings. The first-order chi connectivity index (χ1) is 9.16. The van der Waals surface area contributed by atoms with Crippen molar-refractivity contribution in [2.45, 2.75) is 53.6 Å². The highest BCUT2D eigenvalue weighted by Crippen LogP contribution is 2.26. The van der Waals surface area contributed by atoms with Gasteiger partial charge in [-0.25, -0.2) is 0 Å². The van der Waals surface area contributed by atoms with Crippen molar-refractivity contribution in [2.75, 3.05) is 20.6 Å². The molecule has 0 saturated heterocycles. The molecule has 0 fully saturated rings. The second-order valence-electron chi connectivity index (χ2n) is 7.18. The second kappa shape index (κ2) is 6.73. The van der Waals surface area contributed by atoms with E-state index in [1.807, 2.05) is 0 Å². The zero-order valence-corrected chi connectivity index (χ0v) is 14.5. The molecule has 1 rings (SSSR count). The average Bonchev–Trinajstić information content (AvgIpc) is 2.34. The van der Waals surface area contributed by atoms with Crippen LogP contribution in [0.1, 0.15) is 50.4 Å². The summed E-state index contributed by atoms with van der Waals surface area (Å²) in [5, 5.41) is 3.47. The Hall–Kier alpha value is -0.860. The fourth-order valence-electron chi connectivity index (χ4n) is 2.67. The van der Waals surface area contributed by atoms with Crippen LogP contribution in [-0.4, -0.2) is 31.6 Å². The van der Waals surface area contributed by atoms with Gasteiger partial charge < -0.3 is 10.2 Å². The summed E-state index contributed by atoms with van der Waals surface area (Å²) >= 11 is 0. The molecule has 2 unspecified atom stereocenters. The van der Waals surface area contributed by atoms with Gasteiger partial charge in [0.05, 0.1) is 0 Å². The van der Waals surface area contributed by atoms with E-state index >= 15 is 0 Å². The van der Waals surface area contributed by atoms with Crippen molar-refractivity contribution in [1.29, 1.82) is 0 Å². The first kappa shape index (κ1) is 17.2. The number of aryl methyl sites for hydroxylation is 2. The molecule has 2 atom stereocenters. The zero-order valence-electron chi connectivity index (χ0n) is 14.5. The van der Waals surface area contributed by atoms with Crippen molar-refractivity contribution < 1.29 is 0 Å². The van der Waals surface area contributed by atoms with Gasteiger partial charge in [-0.2, -0.15) is 0 Å². The zero-order chi connectivity index (χ0) is 15.5. The van der Waals surface area contributed by atoms with Gasteiger partial charge in [0.15, 0.2) is 0 Å². The van der Waals surface area contributed by atoms with Crippen LogP contribution in [0.4, 0.5) is 0 Å². The summed E-state index contributed by atoms with van der Waals surface area (Å²) in [4.78, 5) is 2.46. The predicted molar refractivity (Wildman–Crippen MR) is 89.3 cm³/mol. The summed E-state index contributed by atoms with van der Waals surface area (Å²) in [5.74, 6) is 0. The Morgan fingerprint density at radius 3 is 2.25 bits per heavy atom. The summed E-state index contributed by atoms with van der Waals surface area (Å²) in [6.07, 6.45) is 0. The number of benzene rings is 1. The molecule has 20 heavy (non-hydrogen) atoms. The van der Waals surface area contributed by atoms with Crippen molar-refractivity contribution in [3.63, 3.8) is 0 Å². The fourth-order valence-corrected chi connectivity index (χ4v) is 2.67. The van der Waals surface area contributed by atoms with Gasteiger partial charge in [-0.05, 0) is 51.4 Å². The van der Waals surface area contributed by atoms with Gasteiger partial charge in [-0.1, -0.05) is 44.5 Å². The molecule has 0 amide bonds. The molecular weight excluding hydrogens is 244 g/mol. The Morgan fingerprint density at radius 1 is 1.20 bits per heavy atom. The highest BCUT2D eigenvalue weighted by molar-refractivity contribution is 5.33. The van der Waals surface area contributed by atoms with E-state index in [1.54, 1.807) is 0 Å². The van der Waals surface area contributed by atoms with Crippen LogP contribution in [0.2, 0.25) is 0 Å². The normalized spacial score (nSPS) is 15.4. The largest absolute Gasteiger partial charge is 0.312 e. The van der Waals surface area contributed by atoms with E-state index in [2.05, 4.69) is 84.1 Å². The van der Waals surface area contributed by atoms with Crippen molar-refractivity contribution in [3.05, 3.63) is 34.9 Å². The summed E-state index contributed by atoms with van der Waals surface area (Å²) in [6, 6.07) is 7.67. The Morgan fingerprint density at radius 2 is 1.80 bits per heavy atom. The number of nitrogens with one attached hydrogen (secondary N) is 1. The molecule has 0 aliphatic rings. The molecule has 0 saturated carbocycles. The molecule has 0 radical (unpaired) electrons. The van der Waals surface area contributed by atoms with Crippen LogP contribution in [-0.2, 0) is 0 Å². The minimum Gasteiger partial charge on any atom is -0.312 e. The molecule has 114 valence electrons. The smallest absolute Gasteiger partial charge is 0.0449 e. The molecule has 0 aliphatic carbocycles. The maximum Gasteiger partial charge on any atom is 0.0449 e. The lowest BCUT2D eigenvalue weighted by molar-refractivity contribution is 0.130. The summed E-state index contributed by atoms with van der Waals surface area (Å²) in [5.41, 5.74) is 4.42. The molecule has 2 heteroatoms. The third kappa shape index (κ3) is 4.32. The maximum atomic E-state index is 3.47. The van der Waals surface area contributed by atoms with Crippen LogP contribution in [0, 0.1) is 19.3 Å². The molecular formula is C18H32N2. The van der Waals surface area contributed by atoms with Crippen LogP contribution in [0.15, 0.2) is 18.2 Å². The summed E-state index contributed by atoms with van der Waals surface area (Å²) < 4.78 is 0. The fraction of sp³-hybridized carbons (Fsp3) is 0.667. The first-order valence-electron chi connectivity index (χ1n) is 7.61. The number of hydrogen-bond donors (Lipinski definition) is 1. The molecule has 0 bridgehead atoms. The first-order valence-corrected chi connectivity index (χ1v) is 7.61. The van der Waals surface area contributed by atoms with Crippen molar-refractivity contribution in [2.24, 2.45) is 5.41 Å². The SMILES string of the molecule is CNC(CN(C)C(C)C(C)(C)C)c1ccc(C)cc1C. The van der Waals surface area contributed by atoms with E-state index in [-0.39, 0.29) is 0 Å². The predicted octanol–water partition coefficient (Wildman–Crippen LogP) is 3.93. The quantitative estimate of drug-likeness (QED) is 0.876.